The van der Waals surface area contributed by atoms with Crippen molar-refractivity contribution in [3.8, 4) is 17.0 Å². The maximum absolute atomic E-state index is 12.9. The second-order valence-corrected chi connectivity index (χ2v) is 5.88. The number of benzene rings is 1. The van der Waals surface area contributed by atoms with Crippen LogP contribution in [-0.2, 0) is 13.7 Å². The number of carbonyl (C=O) groups excluding carboxylic acids is 1. The topological polar surface area (TPSA) is 47.4 Å². The third kappa shape index (κ3) is 2.71. The summed E-state index contributed by atoms with van der Waals surface area (Å²) in [6, 6.07) is 7.90. The Morgan fingerprint density at radius 1 is 1.26 bits per heavy atom. The first kappa shape index (κ1) is 15.6. The molecule has 1 amide bonds. The van der Waals surface area contributed by atoms with Gasteiger partial charge in [0, 0.05) is 31.3 Å². The van der Waals surface area contributed by atoms with E-state index in [0.717, 1.165) is 48.5 Å². The molecule has 0 saturated heterocycles. The summed E-state index contributed by atoms with van der Waals surface area (Å²) < 4.78 is 7.64. The molecule has 23 heavy (non-hydrogen) atoms. The molecule has 5 nitrogen and oxygen atoms in total. The molecule has 0 saturated carbocycles. The average molecular weight is 313 g/mol. The molecule has 0 N–H and O–H groups in total. The van der Waals surface area contributed by atoms with Crippen molar-refractivity contribution in [3.05, 3.63) is 35.5 Å². The highest BCUT2D eigenvalue weighted by atomic mass is 16.5. The summed E-state index contributed by atoms with van der Waals surface area (Å²) in [6.45, 7) is 6.09. The molecule has 0 aliphatic carbocycles. The number of nitrogens with zero attached hydrogens (tertiary/aromatic N) is 3. The molecule has 3 rings (SSSR count). The van der Waals surface area contributed by atoms with E-state index in [1.54, 1.807) is 4.68 Å². The van der Waals surface area contributed by atoms with Gasteiger partial charge in [-0.05, 0) is 25.0 Å². The number of carbonyl (C=O) groups is 1. The Morgan fingerprint density at radius 3 is 2.65 bits per heavy atom. The van der Waals surface area contributed by atoms with E-state index in [0.29, 0.717) is 12.3 Å². The predicted molar refractivity (Wildman–Crippen MR) is 89.5 cm³/mol. The molecule has 0 atom stereocenters. The minimum atomic E-state index is 0.00790. The fourth-order valence-electron chi connectivity index (χ4n) is 3.16. The number of amides is 1. The lowest BCUT2D eigenvalue weighted by Crippen LogP contribution is -2.33. The van der Waals surface area contributed by atoms with E-state index in [9.17, 15) is 4.79 Å². The lowest BCUT2D eigenvalue weighted by molar-refractivity contribution is 0.0746. The van der Waals surface area contributed by atoms with Gasteiger partial charge in [-0.25, -0.2) is 0 Å². The van der Waals surface area contributed by atoms with Crippen LogP contribution in [0.5, 0.6) is 5.75 Å². The quantitative estimate of drug-likeness (QED) is 0.851. The Morgan fingerprint density at radius 2 is 1.96 bits per heavy atom. The zero-order chi connectivity index (χ0) is 16.4. The van der Waals surface area contributed by atoms with E-state index in [-0.39, 0.29) is 5.91 Å². The van der Waals surface area contributed by atoms with E-state index >= 15 is 0 Å². The molecule has 0 spiro atoms. The number of para-hydroxylation sites is 1. The Balaban J connectivity index is 2.02. The standard InChI is InChI=1S/C18H23N3O2/c1-4-10-21(11-5-2)18(22)16-14-12-23-15-9-7-6-8-13(15)17(14)20(3)19-16/h6-9H,4-5,10-12H2,1-3H3. The molecule has 2 heterocycles. The van der Waals surface area contributed by atoms with E-state index in [2.05, 4.69) is 18.9 Å². The van der Waals surface area contributed by atoms with E-state index in [4.69, 9.17) is 4.74 Å². The van der Waals surface area contributed by atoms with Crippen molar-refractivity contribution < 1.29 is 9.53 Å². The van der Waals surface area contributed by atoms with E-state index in [1.807, 2.05) is 36.2 Å². The first-order valence-electron chi connectivity index (χ1n) is 8.24. The molecular weight excluding hydrogens is 290 g/mol. The highest BCUT2D eigenvalue weighted by Crippen LogP contribution is 2.38. The number of hydrogen-bond acceptors (Lipinski definition) is 3. The van der Waals surface area contributed by atoms with Crippen molar-refractivity contribution in [2.75, 3.05) is 13.1 Å². The van der Waals surface area contributed by atoms with Gasteiger partial charge in [-0.3, -0.25) is 9.48 Å². The first-order chi connectivity index (χ1) is 11.2. The minimum Gasteiger partial charge on any atom is -0.488 e. The summed E-state index contributed by atoms with van der Waals surface area (Å²) in [7, 11) is 1.89. The van der Waals surface area contributed by atoms with Crippen molar-refractivity contribution in [2.45, 2.75) is 33.3 Å². The molecule has 1 aliphatic rings. The van der Waals surface area contributed by atoms with Gasteiger partial charge < -0.3 is 9.64 Å². The van der Waals surface area contributed by atoms with E-state index in [1.165, 1.54) is 0 Å². The van der Waals surface area contributed by atoms with Gasteiger partial charge in [0.25, 0.3) is 5.91 Å². The monoisotopic (exact) mass is 313 g/mol. The molecule has 0 bridgehead atoms. The lowest BCUT2D eigenvalue weighted by atomic mass is 10.0. The Hall–Kier alpha value is -2.30. The molecule has 2 aromatic rings. The van der Waals surface area contributed by atoms with Gasteiger partial charge >= 0.3 is 0 Å². The minimum absolute atomic E-state index is 0.00790. The third-order valence-corrected chi connectivity index (χ3v) is 4.14. The zero-order valence-corrected chi connectivity index (χ0v) is 14.0. The van der Waals surface area contributed by atoms with Crippen LogP contribution in [0, 0.1) is 0 Å². The number of aromatic nitrogens is 2. The molecule has 1 aromatic carbocycles. The van der Waals surface area contributed by atoms with Crippen molar-refractivity contribution >= 4 is 5.91 Å². The van der Waals surface area contributed by atoms with Gasteiger partial charge in [-0.1, -0.05) is 26.0 Å². The second-order valence-electron chi connectivity index (χ2n) is 5.88. The summed E-state index contributed by atoms with van der Waals surface area (Å²) in [6.07, 6.45) is 1.89. The second kappa shape index (κ2) is 6.44. The van der Waals surface area contributed by atoms with Gasteiger partial charge in [-0.2, -0.15) is 5.10 Å². The normalized spacial score (nSPS) is 12.3. The van der Waals surface area contributed by atoms with Crippen LogP contribution in [0.3, 0.4) is 0 Å². The van der Waals surface area contributed by atoms with Crippen LogP contribution < -0.4 is 4.74 Å². The van der Waals surface area contributed by atoms with Crippen molar-refractivity contribution in [2.24, 2.45) is 7.05 Å². The zero-order valence-electron chi connectivity index (χ0n) is 14.0. The average Bonchev–Trinajstić information content (AvgIpc) is 2.91. The Kier molecular flexibility index (Phi) is 4.37. The molecule has 5 heteroatoms. The molecule has 0 fully saturated rings. The number of hydrogen-bond donors (Lipinski definition) is 0. The third-order valence-electron chi connectivity index (χ3n) is 4.14. The SMILES string of the molecule is CCCN(CCC)C(=O)c1nn(C)c2c1COc1ccccc1-2. The van der Waals surface area contributed by atoms with Crippen molar-refractivity contribution in [3.63, 3.8) is 0 Å². The van der Waals surface area contributed by atoms with Crippen LogP contribution in [0.2, 0.25) is 0 Å². The van der Waals surface area contributed by atoms with Gasteiger partial charge in [0.05, 0.1) is 5.69 Å². The van der Waals surface area contributed by atoms with Crippen LogP contribution >= 0.6 is 0 Å². The van der Waals surface area contributed by atoms with Crippen molar-refractivity contribution in [1.29, 1.82) is 0 Å². The summed E-state index contributed by atoms with van der Waals surface area (Å²) in [5.41, 5.74) is 3.41. The lowest BCUT2D eigenvalue weighted by Gasteiger charge is -2.22. The summed E-state index contributed by atoms with van der Waals surface area (Å²) in [5.74, 6) is 0.856. The number of rotatable bonds is 5. The maximum Gasteiger partial charge on any atom is 0.274 e. The van der Waals surface area contributed by atoms with Crippen LogP contribution in [-0.4, -0.2) is 33.7 Å². The smallest absolute Gasteiger partial charge is 0.274 e. The maximum atomic E-state index is 12.9. The molecular formula is C18H23N3O2. The Labute approximate surface area is 136 Å². The number of aryl methyl sites for hydroxylation is 1. The van der Waals surface area contributed by atoms with Gasteiger partial charge in [0.15, 0.2) is 5.69 Å². The summed E-state index contributed by atoms with van der Waals surface area (Å²) >= 11 is 0. The molecule has 0 radical (unpaired) electrons. The molecule has 122 valence electrons. The number of fused-ring (bicyclic) bond motifs is 3. The van der Waals surface area contributed by atoms with Gasteiger partial charge in [0.1, 0.15) is 12.4 Å². The highest BCUT2D eigenvalue weighted by Gasteiger charge is 2.29. The first-order valence-corrected chi connectivity index (χ1v) is 8.24. The summed E-state index contributed by atoms with van der Waals surface area (Å²) in [5, 5.41) is 4.52. The van der Waals surface area contributed by atoms with Crippen LogP contribution in [0.4, 0.5) is 0 Å². The number of ether oxygens (including phenoxy) is 1. The molecule has 0 unspecified atom stereocenters. The highest BCUT2D eigenvalue weighted by molar-refractivity contribution is 5.96. The van der Waals surface area contributed by atoms with Gasteiger partial charge in [0.2, 0.25) is 0 Å². The van der Waals surface area contributed by atoms with Crippen LogP contribution in [0.1, 0.15) is 42.7 Å². The van der Waals surface area contributed by atoms with Crippen LogP contribution in [0.25, 0.3) is 11.3 Å². The van der Waals surface area contributed by atoms with Crippen molar-refractivity contribution in [1.82, 2.24) is 14.7 Å². The largest absolute Gasteiger partial charge is 0.488 e. The van der Waals surface area contributed by atoms with Crippen LogP contribution in [0.15, 0.2) is 24.3 Å². The fraction of sp³-hybridized carbons (Fsp3) is 0.444. The fourth-order valence-corrected chi connectivity index (χ4v) is 3.16. The Bertz CT molecular complexity index is 715. The predicted octanol–water partition coefficient (Wildman–Crippen LogP) is 3.24. The summed E-state index contributed by atoms with van der Waals surface area (Å²) in [4.78, 5) is 14.8. The van der Waals surface area contributed by atoms with E-state index < -0.39 is 0 Å². The van der Waals surface area contributed by atoms with Gasteiger partial charge in [-0.15, -0.1) is 0 Å². The molecule has 1 aromatic heterocycles. The molecule has 1 aliphatic heterocycles.